The molecule has 3 atom stereocenters. The van der Waals surface area contributed by atoms with E-state index in [9.17, 15) is 9.59 Å². The molecular weight excluding hydrogens is 338 g/mol. The molecule has 8 heteroatoms. The van der Waals surface area contributed by atoms with E-state index in [1.807, 2.05) is 30.3 Å². The molecule has 1 aromatic heterocycles. The Bertz CT molecular complexity index is 802. The van der Waals surface area contributed by atoms with E-state index in [0.717, 1.165) is 5.69 Å². The second-order valence-corrected chi connectivity index (χ2v) is 5.78. The highest BCUT2D eigenvalue weighted by Gasteiger charge is 2.32. The minimum atomic E-state index is -0.632. The summed E-state index contributed by atoms with van der Waals surface area (Å²) in [6, 6.07) is 9.56. The van der Waals surface area contributed by atoms with Crippen LogP contribution in [0.1, 0.15) is 25.6 Å². The third kappa shape index (κ3) is 4.34. The van der Waals surface area contributed by atoms with E-state index in [4.69, 9.17) is 14.2 Å². The molecular formula is C18H19N3O5. The van der Waals surface area contributed by atoms with Crippen molar-refractivity contribution in [3.05, 3.63) is 54.4 Å². The minimum absolute atomic E-state index is 0.0268. The fraction of sp³-hybridized carbons (Fsp3) is 0.333. The van der Waals surface area contributed by atoms with Gasteiger partial charge < -0.3 is 14.2 Å². The predicted octanol–water partition coefficient (Wildman–Crippen LogP) is 1.76. The third-order valence-electron chi connectivity index (χ3n) is 3.74. The van der Waals surface area contributed by atoms with Crippen molar-refractivity contribution in [1.82, 2.24) is 15.0 Å². The average molecular weight is 357 g/mol. The van der Waals surface area contributed by atoms with Crippen LogP contribution in [0.4, 0.5) is 0 Å². The maximum absolute atomic E-state index is 11.3. The number of aromatic nitrogens is 3. The van der Waals surface area contributed by atoms with Crippen LogP contribution in [0.2, 0.25) is 0 Å². The lowest BCUT2D eigenvalue weighted by Gasteiger charge is -2.30. The molecule has 0 amide bonds. The van der Waals surface area contributed by atoms with Crippen molar-refractivity contribution in [3.8, 4) is 5.69 Å². The zero-order valence-corrected chi connectivity index (χ0v) is 14.4. The number of carbonyl (C=O) groups is 2. The van der Waals surface area contributed by atoms with Gasteiger partial charge in [0.05, 0.1) is 11.9 Å². The van der Waals surface area contributed by atoms with Gasteiger partial charge in [0.15, 0.2) is 0 Å². The smallest absolute Gasteiger partial charge is 0.303 e. The monoisotopic (exact) mass is 357 g/mol. The van der Waals surface area contributed by atoms with E-state index in [-0.39, 0.29) is 6.61 Å². The Labute approximate surface area is 150 Å². The second kappa shape index (κ2) is 7.92. The molecule has 3 rings (SSSR count). The number of nitrogens with zero attached hydrogens (tertiary/aromatic N) is 3. The molecule has 0 aliphatic carbocycles. The topological polar surface area (TPSA) is 92.5 Å². The molecule has 0 saturated heterocycles. The average Bonchev–Trinajstić information content (AvgIpc) is 3.11. The number of esters is 2. The lowest BCUT2D eigenvalue weighted by molar-refractivity contribution is -0.163. The number of hydrogen-bond acceptors (Lipinski definition) is 7. The molecule has 0 radical (unpaired) electrons. The fourth-order valence-corrected chi connectivity index (χ4v) is 2.57. The van der Waals surface area contributed by atoms with Crippen LogP contribution < -0.4 is 0 Å². The summed E-state index contributed by atoms with van der Waals surface area (Å²) < 4.78 is 17.8. The molecule has 0 spiro atoms. The Morgan fingerprint density at radius 1 is 1.15 bits per heavy atom. The number of hydrogen-bond donors (Lipinski definition) is 0. The molecule has 0 fully saturated rings. The van der Waals surface area contributed by atoms with Crippen LogP contribution >= 0.6 is 0 Å². The number of benzene rings is 1. The van der Waals surface area contributed by atoms with Crippen molar-refractivity contribution in [2.24, 2.45) is 0 Å². The first kappa shape index (κ1) is 17.8. The van der Waals surface area contributed by atoms with Crippen molar-refractivity contribution < 1.29 is 23.8 Å². The van der Waals surface area contributed by atoms with Crippen LogP contribution in [0.3, 0.4) is 0 Å². The summed E-state index contributed by atoms with van der Waals surface area (Å²) in [6.45, 7) is 2.59. The van der Waals surface area contributed by atoms with Gasteiger partial charge in [-0.3, -0.25) is 9.59 Å². The Morgan fingerprint density at radius 3 is 2.62 bits per heavy atom. The summed E-state index contributed by atoms with van der Waals surface area (Å²) in [4.78, 5) is 22.4. The first-order valence-corrected chi connectivity index (χ1v) is 8.15. The SMILES string of the molecule is CC(=O)OCC1OC(c2cn(-c3ccccc3)nn2)C=CC1OC(C)=O. The van der Waals surface area contributed by atoms with Gasteiger partial charge in [0.25, 0.3) is 0 Å². The quantitative estimate of drug-likeness (QED) is 0.594. The largest absolute Gasteiger partial charge is 0.463 e. The van der Waals surface area contributed by atoms with E-state index in [1.54, 1.807) is 23.0 Å². The predicted molar refractivity (Wildman–Crippen MR) is 90.3 cm³/mol. The molecule has 8 nitrogen and oxygen atoms in total. The number of para-hydroxylation sites is 1. The van der Waals surface area contributed by atoms with Gasteiger partial charge in [-0.05, 0) is 24.3 Å². The van der Waals surface area contributed by atoms with Gasteiger partial charge in [-0.2, -0.15) is 0 Å². The number of ether oxygens (including phenoxy) is 3. The van der Waals surface area contributed by atoms with Crippen LogP contribution in [0.25, 0.3) is 5.69 Å². The molecule has 0 bridgehead atoms. The van der Waals surface area contributed by atoms with Gasteiger partial charge in [-0.1, -0.05) is 23.4 Å². The van der Waals surface area contributed by atoms with Gasteiger partial charge >= 0.3 is 11.9 Å². The molecule has 26 heavy (non-hydrogen) atoms. The molecule has 2 heterocycles. The Morgan fingerprint density at radius 2 is 1.92 bits per heavy atom. The Balaban J connectivity index is 1.77. The van der Waals surface area contributed by atoms with Crippen molar-refractivity contribution in [3.63, 3.8) is 0 Å². The third-order valence-corrected chi connectivity index (χ3v) is 3.74. The summed E-state index contributed by atoms with van der Waals surface area (Å²) >= 11 is 0. The van der Waals surface area contributed by atoms with Gasteiger partial charge in [-0.15, -0.1) is 5.10 Å². The summed E-state index contributed by atoms with van der Waals surface area (Å²) in [5, 5.41) is 8.26. The minimum Gasteiger partial charge on any atom is -0.463 e. The zero-order valence-electron chi connectivity index (χ0n) is 14.4. The lowest BCUT2D eigenvalue weighted by Crippen LogP contribution is -2.39. The molecule has 136 valence electrons. The Kier molecular flexibility index (Phi) is 5.43. The molecule has 0 saturated carbocycles. The normalized spacial score (nSPS) is 22.0. The van der Waals surface area contributed by atoms with Gasteiger partial charge in [0, 0.05) is 13.8 Å². The van der Waals surface area contributed by atoms with Crippen molar-refractivity contribution in [2.75, 3.05) is 6.61 Å². The maximum Gasteiger partial charge on any atom is 0.303 e. The van der Waals surface area contributed by atoms with E-state index in [1.165, 1.54) is 13.8 Å². The molecule has 1 aromatic carbocycles. The van der Waals surface area contributed by atoms with E-state index in [0.29, 0.717) is 5.69 Å². The lowest BCUT2D eigenvalue weighted by atomic mass is 10.1. The standard InChI is InChI=1S/C18H19N3O5/c1-12(22)24-11-18-17(25-13(2)23)9-8-16(26-18)15-10-21(20-19-15)14-6-4-3-5-7-14/h3-10,16-18H,11H2,1-2H3. The summed E-state index contributed by atoms with van der Waals surface area (Å²) in [5.41, 5.74) is 1.47. The molecule has 1 aliphatic rings. The number of carbonyl (C=O) groups excluding carboxylic acids is 2. The van der Waals surface area contributed by atoms with Gasteiger partial charge in [0.1, 0.15) is 30.6 Å². The van der Waals surface area contributed by atoms with Crippen LogP contribution in [0.5, 0.6) is 0 Å². The number of rotatable bonds is 5. The van der Waals surface area contributed by atoms with Gasteiger partial charge in [0.2, 0.25) is 0 Å². The molecule has 2 aromatic rings. The fourth-order valence-electron chi connectivity index (χ4n) is 2.57. The van der Waals surface area contributed by atoms with E-state index < -0.39 is 30.3 Å². The highest BCUT2D eigenvalue weighted by atomic mass is 16.6. The van der Waals surface area contributed by atoms with Crippen LogP contribution in [0.15, 0.2) is 48.7 Å². The summed E-state index contributed by atoms with van der Waals surface area (Å²) in [6.07, 6.45) is 3.48. The van der Waals surface area contributed by atoms with Crippen LogP contribution in [-0.2, 0) is 23.8 Å². The Hall–Kier alpha value is -3.00. The zero-order chi connectivity index (χ0) is 18.5. The van der Waals surface area contributed by atoms with E-state index >= 15 is 0 Å². The van der Waals surface area contributed by atoms with Crippen molar-refractivity contribution >= 4 is 11.9 Å². The first-order valence-electron chi connectivity index (χ1n) is 8.15. The van der Waals surface area contributed by atoms with Crippen molar-refractivity contribution in [1.29, 1.82) is 0 Å². The van der Waals surface area contributed by atoms with Gasteiger partial charge in [-0.25, -0.2) is 4.68 Å². The highest BCUT2D eigenvalue weighted by Crippen LogP contribution is 2.27. The van der Waals surface area contributed by atoms with Crippen LogP contribution in [-0.4, -0.2) is 45.7 Å². The molecule has 0 N–H and O–H groups in total. The highest BCUT2D eigenvalue weighted by molar-refractivity contribution is 5.66. The second-order valence-electron chi connectivity index (χ2n) is 5.78. The molecule has 1 aliphatic heterocycles. The first-order chi connectivity index (χ1) is 12.5. The maximum atomic E-state index is 11.3. The van der Waals surface area contributed by atoms with E-state index in [2.05, 4.69) is 10.3 Å². The van der Waals surface area contributed by atoms with Crippen molar-refractivity contribution in [2.45, 2.75) is 32.2 Å². The molecule has 3 unspecified atom stereocenters. The summed E-state index contributed by atoms with van der Waals surface area (Å²) in [5.74, 6) is -0.874. The van der Waals surface area contributed by atoms with Crippen LogP contribution in [0, 0.1) is 0 Å². The summed E-state index contributed by atoms with van der Waals surface area (Å²) in [7, 11) is 0.